The summed E-state index contributed by atoms with van der Waals surface area (Å²) in [6.07, 6.45) is -2.60. The van der Waals surface area contributed by atoms with E-state index < -0.39 is 6.43 Å². The fraction of sp³-hybridized carbons (Fsp3) is 0.417. The zero-order valence-electron chi connectivity index (χ0n) is 9.78. The molecule has 0 aliphatic heterocycles. The number of halogens is 3. The Morgan fingerprint density at radius 1 is 1.44 bits per heavy atom. The smallest absolute Gasteiger partial charge is 0.282 e. The quantitative estimate of drug-likeness (QED) is 0.938. The molecule has 0 bridgehead atoms. The second-order valence-corrected chi connectivity index (χ2v) is 5.23. The maximum atomic E-state index is 12.9. The van der Waals surface area contributed by atoms with Gasteiger partial charge in [0.15, 0.2) is 0 Å². The molecule has 98 valence electrons. The monoisotopic (exact) mass is 318 g/mol. The minimum Gasteiger partial charge on any atom is -0.396 e. The lowest BCUT2D eigenvalue weighted by atomic mass is 10.2. The van der Waals surface area contributed by atoms with Crippen LogP contribution in [0.2, 0.25) is 0 Å². The lowest BCUT2D eigenvalue weighted by Crippen LogP contribution is -2.12. The Kier molecular flexibility index (Phi) is 3.97. The molecule has 0 saturated carbocycles. The normalized spacial score (nSPS) is 13.4. The van der Waals surface area contributed by atoms with Crippen molar-refractivity contribution in [2.24, 2.45) is 5.92 Å². The van der Waals surface area contributed by atoms with E-state index in [4.69, 9.17) is 5.11 Å². The summed E-state index contributed by atoms with van der Waals surface area (Å²) in [4.78, 5) is 0. The fourth-order valence-electron chi connectivity index (χ4n) is 1.83. The van der Waals surface area contributed by atoms with Crippen molar-refractivity contribution in [2.75, 3.05) is 6.61 Å². The standard InChI is InChI=1S/C12H13BrF2N2O/c1-7(6-18)5-17-10-4-8(13)2-3-9(10)11(16-17)12(14)15/h2-4,7,12,18H,5-6H2,1H3/t7-/m0/s1. The van der Waals surface area contributed by atoms with Crippen LogP contribution in [-0.2, 0) is 6.54 Å². The molecule has 6 heteroatoms. The van der Waals surface area contributed by atoms with Crippen molar-refractivity contribution in [3.8, 4) is 0 Å². The molecule has 3 nitrogen and oxygen atoms in total. The van der Waals surface area contributed by atoms with Gasteiger partial charge in [-0.2, -0.15) is 5.10 Å². The van der Waals surface area contributed by atoms with Crippen molar-refractivity contribution in [3.63, 3.8) is 0 Å². The summed E-state index contributed by atoms with van der Waals surface area (Å²) in [6.45, 7) is 2.25. The van der Waals surface area contributed by atoms with E-state index in [9.17, 15) is 8.78 Å². The first-order valence-corrected chi connectivity index (χ1v) is 6.37. The van der Waals surface area contributed by atoms with E-state index in [0.717, 1.165) is 4.47 Å². The Bertz CT molecular complexity index is 556. The number of aromatic nitrogens is 2. The van der Waals surface area contributed by atoms with Gasteiger partial charge in [-0.15, -0.1) is 0 Å². The van der Waals surface area contributed by atoms with Crippen LogP contribution >= 0.6 is 15.9 Å². The van der Waals surface area contributed by atoms with Crippen LogP contribution in [0, 0.1) is 5.92 Å². The number of fused-ring (bicyclic) bond motifs is 1. The van der Waals surface area contributed by atoms with Crippen LogP contribution in [0.25, 0.3) is 10.9 Å². The molecule has 1 atom stereocenters. The van der Waals surface area contributed by atoms with Crippen molar-refractivity contribution in [3.05, 3.63) is 28.4 Å². The Balaban J connectivity index is 2.54. The van der Waals surface area contributed by atoms with Crippen molar-refractivity contribution in [1.82, 2.24) is 9.78 Å². The first-order chi connectivity index (χ1) is 8.52. The second kappa shape index (κ2) is 5.32. The van der Waals surface area contributed by atoms with Crippen molar-refractivity contribution in [2.45, 2.75) is 19.9 Å². The van der Waals surface area contributed by atoms with E-state index >= 15 is 0 Å². The maximum absolute atomic E-state index is 12.9. The third-order valence-corrected chi connectivity index (χ3v) is 3.24. The second-order valence-electron chi connectivity index (χ2n) is 4.32. The highest BCUT2D eigenvalue weighted by Crippen LogP contribution is 2.29. The predicted octanol–water partition coefficient (Wildman–Crippen LogP) is 3.36. The van der Waals surface area contributed by atoms with E-state index in [1.807, 2.05) is 6.92 Å². The third-order valence-electron chi connectivity index (χ3n) is 2.75. The van der Waals surface area contributed by atoms with Gasteiger partial charge in [0.1, 0.15) is 5.69 Å². The number of nitrogens with zero attached hydrogens (tertiary/aromatic N) is 2. The van der Waals surface area contributed by atoms with E-state index in [2.05, 4.69) is 21.0 Å². The Hall–Kier alpha value is -1.01. The lowest BCUT2D eigenvalue weighted by molar-refractivity contribution is 0.145. The molecule has 0 unspecified atom stereocenters. The summed E-state index contributed by atoms with van der Waals surface area (Å²) in [7, 11) is 0. The molecular weight excluding hydrogens is 306 g/mol. The van der Waals surface area contributed by atoms with Crippen LogP contribution in [0.15, 0.2) is 22.7 Å². The molecule has 0 spiro atoms. The Morgan fingerprint density at radius 2 is 2.17 bits per heavy atom. The highest BCUT2D eigenvalue weighted by molar-refractivity contribution is 9.10. The highest BCUT2D eigenvalue weighted by Gasteiger charge is 2.19. The molecule has 1 aromatic carbocycles. The summed E-state index contributed by atoms with van der Waals surface area (Å²) in [5.41, 5.74) is 0.447. The zero-order chi connectivity index (χ0) is 13.3. The molecule has 0 fully saturated rings. The molecule has 0 saturated heterocycles. The molecule has 1 aromatic heterocycles. The third kappa shape index (κ3) is 2.54. The van der Waals surface area contributed by atoms with E-state index in [0.29, 0.717) is 17.4 Å². The molecule has 1 heterocycles. The minimum atomic E-state index is -2.60. The first-order valence-electron chi connectivity index (χ1n) is 5.58. The van der Waals surface area contributed by atoms with Gasteiger partial charge in [0.2, 0.25) is 0 Å². The minimum absolute atomic E-state index is 0.000627. The molecule has 2 rings (SSSR count). The Morgan fingerprint density at radius 3 is 2.78 bits per heavy atom. The molecular formula is C12H13BrF2N2O. The number of alkyl halides is 2. The highest BCUT2D eigenvalue weighted by atomic mass is 79.9. The number of benzene rings is 1. The van der Waals surface area contributed by atoms with Gasteiger partial charge in [0.25, 0.3) is 6.43 Å². The van der Waals surface area contributed by atoms with E-state index in [1.54, 1.807) is 18.2 Å². The van der Waals surface area contributed by atoms with Gasteiger partial charge in [-0.3, -0.25) is 4.68 Å². The number of aliphatic hydroxyl groups is 1. The van der Waals surface area contributed by atoms with Gasteiger partial charge in [0, 0.05) is 23.0 Å². The number of aliphatic hydroxyl groups excluding tert-OH is 1. The van der Waals surface area contributed by atoms with Crippen LogP contribution in [0.4, 0.5) is 8.78 Å². The largest absolute Gasteiger partial charge is 0.396 e. The Labute approximate surface area is 112 Å². The van der Waals surface area contributed by atoms with E-state index in [-0.39, 0.29) is 18.2 Å². The number of hydrogen-bond donors (Lipinski definition) is 1. The van der Waals surface area contributed by atoms with Crippen LogP contribution in [0.1, 0.15) is 19.0 Å². The number of hydrogen-bond acceptors (Lipinski definition) is 2. The summed E-state index contributed by atoms with van der Waals surface area (Å²) in [6, 6.07) is 5.11. The van der Waals surface area contributed by atoms with E-state index in [1.165, 1.54) is 4.68 Å². The van der Waals surface area contributed by atoms with Gasteiger partial charge >= 0.3 is 0 Å². The van der Waals surface area contributed by atoms with Crippen LogP contribution in [0.3, 0.4) is 0 Å². The predicted molar refractivity (Wildman–Crippen MR) is 68.6 cm³/mol. The lowest BCUT2D eigenvalue weighted by Gasteiger charge is -2.08. The molecule has 1 N–H and O–H groups in total. The molecule has 2 aromatic rings. The van der Waals surface area contributed by atoms with Gasteiger partial charge in [-0.05, 0) is 24.1 Å². The summed E-state index contributed by atoms with van der Waals surface area (Å²) < 4.78 is 28.1. The average molecular weight is 319 g/mol. The topological polar surface area (TPSA) is 38.0 Å². The van der Waals surface area contributed by atoms with Gasteiger partial charge in [-0.25, -0.2) is 8.78 Å². The van der Waals surface area contributed by atoms with Crippen LogP contribution < -0.4 is 0 Å². The van der Waals surface area contributed by atoms with Gasteiger partial charge in [0.05, 0.1) is 5.52 Å². The molecule has 0 amide bonds. The van der Waals surface area contributed by atoms with Gasteiger partial charge in [-0.1, -0.05) is 22.9 Å². The summed E-state index contributed by atoms with van der Waals surface area (Å²) in [5, 5.41) is 13.4. The van der Waals surface area contributed by atoms with Crippen LogP contribution in [0.5, 0.6) is 0 Å². The van der Waals surface area contributed by atoms with Crippen LogP contribution in [-0.4, -0.2) is 21.5 Å². The fourth-order valence-corrected chi connectivity index (χ4v) is 2.18. The van der Waals surface area contributed by atoms with Crippen molar-refractivity contribution < 1.29 is 13.9 Å². The maximum Gasteiger partial charge on any atom is 0.282 e. The van der Waals surface area contributed by atoms with Crippen molar-refractivity contribution in [1.29, 1.82) is 0 Å². The van der Waals surface area contributed by atoms with Crippen molar-refractivity contribution >= 4 is 26.8 Å². The molecule has 0 aliphatic carbocycles. The van der Waals surface area contributed by atoms with Gasteiger partial charge < -0.3 is 5.11 Å². The molecule has 18 heavy (non-hydrogen) atoms. The molecule has 0 radical (unpaired) electrons. The summed E-state index contributed by atoms with van der Waals surface area (Å²) in [5.74, 6) is -0.0300. The zero-order valence-corrected chi connectivity index (χ0v) is 11.4. The summed E-state index contributed by atoms with van der Waals surface area (Å²) >= 11 is 3.32. The first kappa shape index (κ1) is 13.4. The number of rotatable bonds is 4. The molecule has 0 aliphatic rings. The SMILES string of the molecule is C[C@H](CO)Cn1nc(C(F)F)c2ccc(Br)cc21. The average Bonchev–Trinajstić information content (AvgIpc) is 2.67.